The predicted molar refractivity (Wildman–Crippen MR) is 126 cm³/mol. The first kappa shape index (κ1) is 27.1. The van der Waals surface area contributed by atoms with Crippen LogP contribution >= 0.6 is 0 Å². The van der Waals surface area contributed by atoms with Crippen molar-refractivity contribution in [2.45, 2.75) is 114 Å². The van der Waals surface area contributed by atoms with Crippen molar-refractivity contribution in [1.29, 1.82) is 0 Å². The van der Waals surface area contributed by atoms with E-state index in [2.05, 4.69) is 4.98 Å². The van der Waals surface area contributed by atoms with Crippen LogP contribution in [0.25, 0.3) is 0 Å². The summed E-state index contributed by atoms with van der Waals surface area (Å²) in [5.74, 6) is 0.703. The van der Waals surface area contributed by atoms with Crippen molar-refractivity contribution in [3.63, 3.8) is 0 Å². The molecule has 1 aliphatic carbocycles. The Labute approximate surface area is 201 Å². The Kier molecular flexibility index (Phi) is 9.94. The Bertz CT molecular complexity index is 841. The van der Waals surface area contributed by atoms with Gasteiger partial charge in [-0.25, -0.2) is 0 Å². The molecule has 0 amide bonds. The second-order valence-electron chi connectivity index (χ2n) is 9.73. The first-order valence-electron chi connectivity index (χ1n) is 12.5. The molecule has 1 aliphatic heterocycles. The fourth-order valence-corrected chi connectivity index (χ4v) is 5.27. The molecule has 9 nitrogen and oxygen atoms in total. The molecule has 1 aromatic heterocycles. The number of unbranched alkanes of at least 4 members (excludes halogenated alkanes) is 3. The average molecular weight is 484 g/mol. The summed E-state index contributed by atoms with van der Waals surface area (Å²) < 4.78 is 16.5. The number of hydrogen-bond donors (Lipinski definition) is 5. The third-order valence-electron chi connectivity index (χ3n) is 7.17. The number of methoxy groups -OCH3 is 1. The average Bonchev–Trinajstić information content (AvgIpc) is 2.81. The van der Waals surface area contributed by atoms with Gasteiger partial charge in [-0.2, -0.15) is 0 Å². The van der Waals surface area contributed by atoms with E-state index in [1.54, 1.807) is 7.11 Å². The molecule has 7 atom stereocenters. The number of fused-ring (bicyclic) bond motifs is 1. The quantitative estimate of drug-likeness (QED) is 0.299. The maximum atomic E-state index is 12.9. The first-order valence-corrected chi connectivity index (χ1v) is 12.5. The van der Waals surface area contributed by atoms with Crippen LogP contribution in [0.15, 0.2) is 4.79 Å². The second kappa shape index (κ2) is 12.5. The Morgan fingerprint density at radius 2 is 1.85 bits per heavy atom. The molecule has 0 radical (unpaired) electrons. The van der Waals surface area contributed by atoms with Crippen LogP contribution in [0, 0.1) is 6.92 Å². The lowest BCUT2D eigenvalue weighted by molar-refractivity contribution is -0.310. The molecule has 3 rings (SSSR count). The Morgan fingerprint density at radius 3 is 2.56 bits per heavy atom. The van der Waals surface area contributed by atoms with E-state index in [0.29, 0.717) is 5.75 Å². The van der Waals surface area contributed by atoms with Gasteiger partial charge in [0.2, 0.25) is 5.43 Å². The van der Waals surface area contributed by atoms with E-state index in [1.807, 2.05) is 13.8 Å². The lowest BCUT2D eigenvalue weighted by atomic mass is 9.81. The fourth-order valence-electron chi connectivity index (χ4n) is 5.27. The highest BCUT2D eigenvalue weighted by Crippen LogP contribution is 2.34. The number of ether oxygens (including phenoxy) is 3. The van der Waals surface area contributed by atoms with Gasteiger partial charge in [-0.05, 0) is 51.9 Å². The lowest BCUT2D eigenvalue weighted by Crippen LogP contribution is -2.59. The predicted octanol–water partition coefficient (Wildman–Crippen LogP) is 1.66. The summed E-state index contributed by atoms with van der Waals surface area (Å²) in [6.07, 6.45) is 2.41. The summed E-state index contributed by atoms with van der Waals surface area (Å²) >= 11 is 0. The largest absolute Gasteiger partial charge is 0.491 e. The maximum Gasteiger partial charge on any atom is 0.227 e. The van der Waals surface area contributed by atoms with E-state index in [1.165, 1.54) is 0 Å². The zero-order chi connectivity index (χ0) is 24.8. The van der Waals surface area contributed by atoms with Gasteiger partial charge in [-0.15, -0.1) is 0 Å². The summed E-state index contributed by atoms with van der Waals surface area (Å²) in [7, 11) is 1.55. The molecule has 0 spiro atoms. The molecule has 5 N–H and O–H groups in total. The van der Waals surface area contributed by atoms with Gasteiger partial charge >= 0.3 is 0 Å². The number of aromatic nitrogens is 1. The minimum absolute atomic E-state index is 0.0395. The molecule has 194 valence electrons. The van der Waals surface area contributed by atoms with Crippen LogP contribution in [0.5, 0.6) is 5.75 Å². The van der Waals surface area contributed by atoms with Crippen LogP contribution in [0.3, 0.4) is 0 Å². The zero-order valence-corrected chi connectivity index (χ0v) is 20.5. The van der Waals surface area contributed by atoms with E-state index in [4.69, 9.17) is 14.2 Å². The van der Waals surface area contributed by atoms with Gasteiger partial charge in [0.1, 0.15) is 24.4 Å². The van der Waals surface area contributed by atoms with Crippen molar-refractivity contribution in [3.8, 4) is 5.75 Å². The van der Waals surface area contributed by atoms with E-state index in [0.717, 1.165) is 74.7 Å². The van der Waals surface area contributed by atoms with Gasteiger partial charge in [0.05, 0.1) is 25.5 Å². The SMILES string of the molecule is COc1c(C)[nH]c2c(c1=O)C(CCCCCCC(C)OC1OC(CO)C(O)C(O)C1O)CCC2. The molecule has 2 heterocycles. The highest BCUT2D eigenvalue weighted by atomic mass is 16.7. The minimum Gasteiger partial charge on any atom is -0.491 e. The van der Waals surface area contributed by atoms with Gasteiger partial charge in [-0.3, -0.25) is 4.79 Å². The zero-order valence-electron chi connectivity index (χ0n) is 20.5. The van der Waals surface area contributed by atoms with Crippen LogP contribution in [-0.4, -0.2) is 75.9 Å². The summed E-state index contributed by atoms with van der Waals surface area (Å²) in [6.45, 7) is 3.29. The number of H-pyrrole nitrogens is 1. The maximum absolute atomic E-state index is 12.9. The highest BCUT2D eigenvalue weighted by Gasteiger charge is 2.44. The number of aryl methyl sites for hydroxylation is 2. The normalized spacial score (nSPS) is 30.1. The van der Waals surface area contributed by atoms with E-state index >= 15 is 0 Å². The van der Waals surface area contributed by atoms with Gasteiger partial charge in [0, 0.05) is 11.3 Å². The first-order chi connectivity index (χ1) is 16.3. The number of aromatic amines is 1. The topological polar surface area (TPSA) is 141 Å². The molecular weight excluding hydrogens is 442 g/mol. The molecule has 1 saturated heterocycles. The molecular formula is C25H41NO8. The van der Waals surface area contributed by atoms with Crippen LogP contribution in [0.4, 0.5) is 0 Å². The molecule has 0 aromatic carbocycles. The number of aliphatic hydroxyl groups is 4. The fraction of sp³-hybridized carbons (Fsp3) is 0.800. The second-order valence-corrected chi connectivity index (χ2v) is 9.73. The van der Waals surface area contributed by atoms with Crippen molar-refractivity contribution < 1.29 is 34.6 Å². The van der Waals surface area contributed by atoms with Crippen molar-refractivity contribution >= 4 is 0 Å². The highest BCUT2D eigenvalue weighted by molar-refractivity contribution is 5.38. The number of aliphatic hydroxyl groups excluding tert-OH is 4. The standard InChI is InChI=1S/C25H41NO8/c1-14(33-25-23(31)22(30)20(28)18(13-27)34-25)9-6-4-5-7-10-16-11-8-12-17-19(16)21(29)24(32-3)15(2)26-17/h14,16,18,20,22-23,25,27-28,30-31H,4-13H2,1-3H3,(H,26,29). The molecule has 2 aliphatic rings. The molecule has 34 heavy (non-hydrogen) atoms. The van der Waals surface area contributed by atoms with Gasteiger partial charge in [0.15, 0.2) is 12.0 Å². The van der Waals surface area contributed by atoms with Crippen molar-refractivity contribution in [2.75, 3.05) is 13.7 Å². The molecule has 1 aromatic rings. The summed E-state index contributed by atoms with van der Waals surface area (Å²) in [5, 5.41) is 39.1. The monoisotopic (exact) mass is 483 g/mol. The van der Waals surface area contributed by atoms with Gasteiger partial charge in [-0.1, -0.05) is 25.7 Å². The van der Waals surface area contributed by atoms with Crippen LogP contribution in [0.1, 0.15) is 81.2 Å². The van der Waals surface area contributed by atoms with E-state index in [9.17, 15) is 25.2 Å². The van der Waals surface area contributed by atoms with Crippen LogP contribution < -0.4 is 10.2 Å². The Balaban J connectivity index is 1.40. The third-order valence-corrected chi connectivity index (χ3v) is 7.17. The molecule has 9 heteroatoms. The Hall–Kier alpha value is -1.49. The number of nitrogens with one attached hydrogen (secondary N) is 1. The summed E-state index contributed by atoms with van der Waals surface area (Å²) in [4.78, 5) is 16.3. The molecule has 7 unspecified atom stereocenters. The van der Waals surface area contributed by atoms with Crippen LogP contribution in [-0.2, 0) is 15.9 Å². The summed E-state index contributed by atoms with van der Waals surface area (Å²) in [6, 6.07) is 0. The summed E-state index contributed by atoms with van der Waals surface area (Å²) in [5.41, 5.74) is 2.82. The van der Waals surface area contributed by atoms with Crippen molar-refractivity contribution in [1.82, 2.24) is 4.98 Å². The third kappa shape index (κ3) is 6.19. The number of hydrogen-bond acceptors (Lipinski definition) is 8. The van der Waals surface area contributed by atoms with E-state index in [-0.39, 0.29) is 17.5 Å². The minimum atomic E-state index is -1.43. The number of rotatable bonds is 11. The lowest BCUT2D eigenvalue weighted by Gasteiger charge is -2.40. The molecule has 0 bridgehead atoms. The Morgan fingerprint density at radius 1 is 1.12 bits per heavy atom. The molecule has 1 fully saturated rings. The van der Waals surface area contributed by atoms with Crippen molar-refractivity contribution in [3.05, 3.63) is 27.2 Å². The smallest absolute Gasteiger partial charge is 0.227 e. The van der Waals surface area contributed by atoms with E-state index < -0.39 is 37.3 Å². The number of pyridine rings is 1. The van der Waals surface area contributed by atoms with Crippen molar-refractivity contribution in [2.24, 2.45) is 0 Å². The van der Waals surface area contributed by atoms with Gasteiger partial charge in [0.25, 0.3) is 0 Å². The van der Waals surface area contributed by atoms with Crippen LogP contribution in [0.2, 0.25) is 0 Å². The van der Waals surface area contributed by atoms with Gasteiger partial charge < -0.3 is 39.6 Å². The molecule has 0 saturated carbocycles.